The highest BCUT2D eigenvalue weighted by Crippen LogP contribution is 2.31. The Kier molecular flexibility index (Phi) is 6.01. The van der Waals surface area contributed by atoms with Gasteiger partial charge in [0.05, 0.1) is 19.2 Å². The Morgan fingerprint density at radius 3 is 2.50 bits per heavy atom. The number of nitrogens with zero attached hydrogens (tertiary/aromatic N) is 2. The lowest BCUT2D eigenvalue weighted by molar-refractivity contribution is -0.137. The normalized spacial score (nSPS) is 11.8. The monoisotopic (exact) mass is 399 g/mol. The summed E-state index contributed by atoms with van der Waals surface area (Å²) in [5.41, 5.74) is -1.64. The zero-order valence-electron chi connectivity index (χ0n) is 15.8. The molecule has 0 radical (unpaired) electrons. The summed E-state index contributed by atoms with van der Waals surface area (Å²) in [4.78, 5) is 29.4. The maximum atomic E-state index is 12.9. The van der Waals surface area contributed by atoms with E-state index in [1.165, 1.54) is 24.1 Å². The lowest BCUT2D eigenvalue weighted by Crippen LogP contribution is -2.47. The van der Waals surface area contributed by atoms with Crippen molar-refractivity contribution in [3.63, 3.8) is 0 Å². The molecule has 1 heterocycles. The van der Waals surface area contributed by atoms with Crippen LogP contribution >= 0.6 is 0 Å². The molecule has 1 aromatic carbocycles. The number of oxazole rings is 1. The molecule has 0 aliphatic carbocycles. The van der Waals surface area contributed by atoms with Gasteiger partial charge in [0.15, 0.2) is 5.69 Å². The first-order valence-corrected chi connectivity index (χ1v) is 8.20. The zero-order chi connectivity index (χ0) is 21.1. The van der Waals surface area contributed by atoms with Crippen LogP contribution in [0.1, 0.15) is 42.7 Å². The van der Waals surface area contributed by atoms with Crippen molar-refractivity contribution in [3.05, 3.63) is 47.7 Å². The van der Waals surface area contributed by atoms with E-state index < -0.39 is 29.3 Å². The van der Waals surface area contributed by atoms with Gasteiger partial charge in [-0.1, -0.05) is 6.07 Å². The van der Waals surface area contributed by atoms with E-state index in [4.69, 9.17) is 4.42 Å². The number of hydrogen-bond acceptors (Lipinski definition) is 5. The largest absolute Gasteiger partial charge is 0.464 e. The van der Waals surface area contributed by atoms with Crippen LogP contribution in [0.5, 0.6) is 0 Å². The Bertz CT molecular complexity index is 856. The molecule has 1 N–H and O–H groups in total. The van der Waals surface area contributed by atoms with Gasteiger partial charge in [0.1, 0.15) is 6.26 Å². The van der Waals surface area contributed by atoms with Gasteiger partial charge in [-0.25, -0.2) is 14.6 Å². The number of carbonyl (C=O) groups is 2. The van der Waals surface area contributed by atoms with Gasteiger partial charge in [-0.2, -0.15) is 13.2 Å². The number of benzene rings is 1. The molecule has 0 saturated carbocycles. The Morgan fingerprint density at radius 1 is 1.25 bits per heavy atom. The second-order valence-corrected chi connectivity index (χ2v) is 6.88. The standard InChI is InChI=1S/C18H20F3N3O4/c1-17(2,3)24(9-14-23-13(10-28-14)15(25)27-4)16(26)22-12-7-5-6-11(8-12)18(19,20)21/h5-8,10H,9H2,1-4H3,(H,22,26). The minimum absolute atomic E-state index is 0.00303. The minimum atomic E-state index is -4.52. The smallest absolute Gasteiger partial charge is 0.416 e. The molecular formula is C18H20F3N3O4. The van der Waals surface area contributed by atoms with Crippen molar-refractivity contribution in [2.45, 2.75) is 39.0 Å². The Morgan fingerprint density at radius 2 is 1.93 bits per heavy atom. The van der Waals surface area contributed by atoms with E-state index in [0.717, 1.165) is 18.4 Å². The van der Waals surface area contributed by atoms with Crippen LogP contribution in [0, 0.1) is 0 Å². The number of aromatic nitrogens is 1. The van der Waals surface area contributed by atoms with Gasteiger partial charge in [0.25, 0.3) is 0 Å². The molecule has 10 heteroatoms. The fraction of sp³-hybridized carbons (Fsp3) is 0.389. The van der Waals surface area contributed by atoms with E-state index in [0.29, 0.717) is 0 Å². The second-order valence-electron chi connectivity index (χ2n) is 6.88. The molecule has 1 aromatic heterocycles. The van der Waals surface area contributed by atoms with Crippen molar-refractivity contribution in [2.75, 3.05) is 12.4 Å². The van der Waals surface area contributed by atoms with Crippen molar-refractivity contribution in [2.24, 2.45) is 0 Å². The maximum absolute atomic E-state index is 12.9. The quantitative estimate of drug-likeness (QED) is 0.775. The van der Waals surface area contributed by atoms with Crippen molar-refractivity contribution in [3.8, 4) is 0 Å². The number of ether oxygens (including phenoxy) is 1. The average Bonchev–Trinajstić information content (AvgIpc) is 3.06. The number of methoxy groups -OCH3 is 1. The van der Waals surface area contributed by atoms with Crippen molar-refractivity contribution < 1.29 is 31.9 Å². The highest BCUT2D eigenvalue weighted by atomic mass is 19.4. The molecule has 0 aliphatic heterocycles. The van der Waals surface area contributed by atoms with E-state index in [2.05, 4.69) is 15.0 Å². The van der Waals surface area contributed by atoms with Gasteiger partial charge in [-0.15, -0.1) is 0 Å². The van der Waals surface area contributed by atoms with Gasteiger partial charge in [-0.3, -0.25) is 0 Å². The first-order valence-electron chi connectivity index (χ1n) is 8.20. The fourth-order valence-corrected chi connectivity index (χ4v) is 2.29. The highest BCUT2D eigenvalue weighted by Gasteiger charge is 2.32. The van der Waals surface area contributed by atoms with Gasteiger partial charge in [-0.05, 0) is 39.0 Å². The molecule has 0 atom stereocenters. The number of rotatable bonds is 4. The van der Waals surface area contributed by atoms with Crippen molar-refractivity contribution in [1.82, 2.24) is 9.88 Å². The Balaban J connectivity index is 2.21. The number of nitrogens with one attached hydrogen (secondary N) is 1. The fourth-order valence-electron chi connectivity index (χ4n) is 2.29. The first kappa shape index (κ1) is 21.3. The third-order valence-corrected chi connectivity index (χ3v) is 3.74. The lowest BCUT2D eigenvalue weighted by Gasteiger charge is -2.34. The van der Waals surface area contributed by atoms with Crippen LogP contribution in [0.4, 0.5) is 23.7 Å². The van der Waals surface area contributed by atoms with Crippen LogP contribution in [0.2, 0.25) is 0 Å². The molecule has 2 aromatic rings. The SMILES string of the molecule is COC(=O)c1coc(CN(C(=O)Nc2cccc(C(F)(F)F)c2)C(C)(C)C)n1. The molecule has 152 valence electrons. The highest BCUT2D eigenvalue weighted by molar-refractivity contribution is 5.90. The summed E-state index contributed by atoms with van der Waals surface area (Å²) >= 11 is 0. The average molecular weight is 399 g/mol. The van der Waals surface area contributed by atoms with Crippen molar-refractivity contribution >= 4 is 17.7 Å². The van der Waals surface area contributed by atoms with E-state index >= 15 is 0 Å². The van der Waals surface area contributed by atoms with Crippen LogP contribution in [0.3, 0.4) is 0 Å². The third kappa shape index (κ3) is 5.24. The van der Waals surface area contributed by atoms with Crippen LogP contribution in [-0.4, -0.2) is 34.5 Å². The lowest BCUT2D eigenvalue weighted by atomic mass is 10.1. The number of hydrogen-bond donors (Lipinski definition) is 1. The number of esters is 1. The summed E-state index contributed by atoms with van der Waals surface area (Å²) in [5, 5.41) is 2.45. The maximum Gasteiger partial charge on any atom is 0.416 e. The number of anilines is 1. The summed E-state index contributed by atoms with van der Waals surface area (Å²) in [5.74, 6) is -0.611. The third-order valence-electron chi connectivity index (χ3n) is 3.74. The summed E-state index contributed by atoms with van der Waals surface area (Å²) < 4.78 is 48.3. The molecular weight excluding hydrogens is 379 g/mol. The van der Waals surface area contributed by atoms with Gasteiger partial charge in [0.2, 0.25) is 5.89 Å². The molecule has 0 saturated heterocycles. The predicted molar refractivity (Wildman–Crippen MR) is 93.6 cm³/mol. The number of urea groups is 1. The number of amides is 2. The Hall–Kier alpha value is -3.04. The first-order chi connectivity index (χ1) is 12.9. The van der Waals surface area contributed by atoms with Gasteiger partial charge >= 0.3 is 18.2 Å². The number of halogens is 3. The van der Waals surface area contributed by atoms with E-state index in [1.54, 1.807) is 20.8 Å². The van der Waals surface area contributed by atoms with Crippen LogP contribution in [0.15, 0.2) is 34.9 Å². The van der Waals surface area contributed by atoms with Crippen LogP contribution in [0.25, 0.3) is 0 Å². The van der Waals surface area contributed by atoms with Crippen LogP contribution in [-0.2, 0) is 17.5 Å². The molecule has 0 spiro atoms. The van der Waals surface area contributed by atoms with E-state index in [-0.39, 0.29) is 23.8 Å². The Labute approximate surface area is 159 Å². The molecule has 28 heavy (non-hydrogen) atoms. The summed E-state index contributed by atoms with van der Waals surface area (Å²) in [6, 6.07) is 3.67. The molecule has 0 unspecified atom stereocenters. The summed E-state index contributed by atoms with van der Waals surface area (Å²) in [6.07, 6.45) is -3.42. The second kappa shape index (κ2) is 7.91. The minimum Gasteiger partial charge on any atom is -0.464 e. The van der Waals surface area contributed by atoms with Crippen molar-refractivity contribution in [1.29, 1.82) is 0 Å². The topological polar surface area (TPSA) is 84.7 Å². The molecule has 7 nitrogen and oxygen atoms in total. The van der Waals surface area contributed by atoms with Gasteiger partial charge in [0, 0.05) is 11.2 Å². The molecule has 0 bridgehead atoms. The molecule has 0 aliphatic rings. The molecule has 2 amide bonds. The van der Waals surface area contributed by atoms with E-state index in [9.17, 15) is 22.8 Å². The van der Waals surface area contributed by atoms with Crippen LogP contribution < -0.4 is 5.32 Å². The predicted octanol–water partition coefficient (Wildman–Crippen LogP) is 4.31. The number of alkyl halides is 3. The summed E-state index contributed by atoms with van der Waals surface area (Å²) in [7, 11) is 1.20. The summed E-state index contributed by atoms with van der Waals surface area (Å²) in [6.45, 7) is 5.11. The van der Waals surface area contributed by atoms with E-state index in [1.807, 2.05) is 0 Å². The van der Waals surface area contributed by atoms with Gasteiger partial charge < -0.3 is 19.4 Å². The molecule has 2 rings (SSSR count). The zero-order valence-corrected chi connectivity index (χ0v) is 15.8. The number of carbonyl (C=O) groups excluding carboxylic acids is 2. The molecule has 0 fully saturated rings.